The number of benzene rings is 2. The molecular formula is C15H13FN2O2. The lowest BCUT2D eigenvalue weighted by Crippen LogP contribution is -2.01. The zero-order valence-electron chi connectivity index (χ0n) is 10.6. The Morgan fingerprint density at radius 1 is 1.15 bits per heavy atom. The molecule has 1 heterocycles. The standard InChI is InChI=1S/C15H13FN2O2/c16-11-3-6-13-14(9-11)18-15(17-13)10-1-4-12(5-2-10)20-8-7-19/h1-6,9,19H,7-8H2,(H,17,18). The van der Waals surface area contributed by atoms with Crippen molar-refractivity contribution in [1.82, 2.24) is 9.97 Å². The van der Waals surface area contributed by atoms with E-state index in [2.05, 4.69) is 9.97 Å². The second kappa shape index (κ2) is 5.30. The van der Waals surface area contributed by atoms with Crippen LogP contribution in [0, 0.1) is 5.82 Å². The number of aromatic nitrogens is 2. The van der Waals surface area contributed by atoms with Crippen LogP contribution in [0.25, 0.3) is 22.4 Å². The number of imidazole rings is 1. The lowest BCUT2D eigenvalue weighted by molar-refractivity contribution is 0.201. The number of nitrogens with one attached hydrogen (secondary N) is 1. The molecule has 2 N–H and O–H groups in total. The largest absolute Gasteiger partial charge is 0.491 e. The van der Waals surface area contributed by atoms with Gasteiger partial charge in [0.05, 0.1) is 17.6 Å². The molecule has 0 amide bonds. The van der Waals surface area contributed by atoms with Crippen LogP contribution in [0.2, 0.25) is 0 Å². The average Bonchev–Trinajstić information content (AvgIpc) is 2.88. The minimum Gasteiger partial charge on any atom is -0.491 e. The molecule has 0 aliphatic rings. The van der Waals surface area contributed by atoms with Gasteiger partial charge in [0, 0.05) is 5.56 Å². The molecule has 0 aliphatic carbocycles. The first-order valence-electron chi connectivity index (χ1n) is 6.25. The van der Waals surface area contributed by atoms with Crippen LogP contribution in [0.5, 0.6) is 5.75 Å². The van der Waals surface area contributed by atoms with E-state index in [-0.39, 0.29) is 19.0 Å². The van der Waals surface area contributed by atoms with Gasteiger partial charge in [-0.1, -0.05) is 0 Å². The molecule has 2 aromatic carbocycles. The summed E-state index contributed by atoms with van der Waals surface area (Å²) < 4.78 is 18.4. The number of ether oxygens (including phenoxy) is 1. The Labute approximate surface area is 114 Å². The zero-order chi connectivity index (χ0) is 13.9. The van der Waals surface area contributed by atoms with E-state index in [9.17, 15) is 4.39 Å². The summed E-state index contributed by atoms with van der Waals surface area (Å²) in [7, 11) is 0. The fourth-order valence-corrected chi connectivity index (χ4v) is 1.99. The molecule has 1 aromatic heterocycles. The van der Waals surface area contributed by atoms with Crippen LogP contribution < -0.4 is 4.74 Å². The molecule has 0 spiro atoms. The summed E-state index contributed by atoms with van der Waals surface area (Å²) in [6, 6.07) is 11.8. The maximum absolute atomic E-state index is 13.1. The predicted molar refractivity (Wildman–Crippen MR) is 74.1 cm³/mol. The molecule has 0 radical (unpaired) electrons. The fourth-order valence-electron chi connectivity index (χ4n) is 1.99. The van der Waals surface area contributed by atoms with Gasteiger partial charge in [-0.2, -0.15) is 0 Å². The number of rotatable bonds is 4. The molecule has 20 heavy (non-hydrogen) atoms. The van der Waals surface area contributed by atoms with Crippen molar-refractivity contribution in [3.05, 3.63) is 48.3 Å². The number of halogens is 1. The van der Waals surface area contributed by atoms with Gasteiger partial charge in [0.2, 0.25) is 0 Å². The Bertz CT molecular complexity index is 722. The smallest absolute Gasteiger partial charge is 0.138 e. The van der Waals surface area contributed by atoms with Crippen molar-refractivity contribution < 1.29 is 14.2 Å². The number of aliphatic hydroxyl groups excluding tert-OH is 1. The van der Waals surface area contributed by atoms with Crippen LogP contribution in [-0.2, 0) is 0 Å². The Morgan fingerprint density at radius 3 is 2.70 bits per heavy atom. The highest BCUT2D eigenvalue weighted by Gasteiger charge is 2.06. The van der Waals surface area contributed by atoms with E-state index in [1.807, 2.05) is 12.1 Å². The topological polar surface area (TPSA) is 58.1 Å². The molecule has 0 unspecified atom stereocenters. The monoisotopic (exact) mass is 272 g/mol. The van der Waals surface area contributed by atoms with Gasteiger partial charge in [-0.3, -0.25) is 0 Å². The summed E-state index contributed by atoms with van der Waals surface area (Å²) in [5.41, 5.74) is 2.28. The summed E-state index contributed by atoms with van der Waals surface area (Å²) in [6.45, 7) is 0.250. The molecule has 4 nitrogen and oxygen atoms in total. The summed E-state index contributed by atoms with van der Waals surface area (Å²) in [5.74, 6) is 1.07. The molecule has 0 saturated heterocycles. The van der Waals surface area contributed by atoms with Crippen molar-refractivity contribution in [2.45, 2.75) is 0 Å². The number of aliphatic hydroxyl groups is 1. The molecule has 102 valence electrons. The predicted octanol–water partition coefficient (Wildman–Crippen LogP) is 2.74. The second-order valence-electron chi connectivity index (χ2n) is 4.34. The lowest BCUT2D eigenvalue weighted by Gasteiger charge is -2.04. The highest BCUT2D eigenvalue weighted by molar-refractivity contribution is 5.79. The van der Waals surface area contributed by atoms with Gasteiger partial charge in [-0.15, -0.1) is 0 Å². The fraction of sp³-hybridized carbons (Fsp3) is 0.133. The molecule has 3 aromatic rings. The number of aromatic amines is 1. The number of nitrogens with zero attached hydrogens (tertiary/aromatic N) is 1. The van der Waals surface area contributed by atoms with E-state index in [1.165, 1.54) is 12.1 Å². The first-order valence-corrected chi connectivity index (χ1v) is 6.25. The van der Waals surface area contributed by atoms with Gasteiger partial charge in [0.15, 0.2) is 0 Å². The van der Waals surface area contributed by atoms with E-state index in [1.54, 1.807) is 18.2 Å². The van der Waals surface area contributed by atoms with Crippen molar-refractivity contribution in [1.29, 1.82) is 0 Å². The highest BCUT2D eigenvalue weighted by atomic mass is 19.1. The van der Waals surface area contributed by atoms with Gasteiger partial charge in [-0.05, 0) is 42.5 Å². The molecule has 0 aliphatic heterocycles. The zero-order valence-corrected chi connectivity index (χ0v) is 10.6. The minimum atomic E-state index is -0.291. The number of hydrogen-bond acceptors (Lipinski definition) is 3. The third kappa shape index (κ3) is 2.48. The van der Waals surface area contributed by atoms with Gasteiger partial charge in [-0.25, -0.2) is 9.37 Å². The third-order valence-electron chi connectivity index (χ3n) is 2.93. The van der Waals surface area contributed by atoms with E-state index in [0.717, 1.165) is 11.1 Å². The molecule has 0 atom stereocenters. The van der Waals surface area contributed by atoms with Gasteiger partial charge in [0.1, 0.15) is 24.0 Å². The average molecular weight is 272 g/mol. The normalized spacial score (nSPS) is 10.9. The van der Waals surface area contributed by atoms with Gasteiger partial charge in [0.25, 0.3) is 0 Å². The first-order chi connectivity index (χ1) is 9.76. The SMILES string of the molecule is OCCOc1ccc(-c2nc3ccc(F)cc3[nH]2)cc1. The van der Waals surface area contributed by atoms with E-state index >= 15 is 0 Å². The molecule has 0 fully saturated rings. The van der Waals surface area contributed by atoms with E-state index in [4.69, 9.17) is 9.84 Å². The quantitative estimate of drug-likeness (QED) is 0.767. The number of fused-ring (bicyclic) bond motifs is 1. The molecule has 0 saturated carbocycles. The molecule has 3 rings (SSSR count). The maximum atomic E-state index is 13.1. The van der Waals surface area contributed by atoms with Gasteiger partial charge < -0.3 is 14.8 Å². The summed E-state index contributed by atoms with van der Waals surface area (Å²) in [4.78, 5) is 7.50. The Morgan fingerprint density at radius 2 is 1.95 bits per heavy atom. The van der Waals surface area contributed by atoms with Crippen LogP contribution in [-0.4, -0.2) is 28.3 Å². The lowest BCUT2D eigenvalue weighted by atomic mass is 10.2. The molecule has 0 bridgehead atoms. The summed E-state index contributed by atoms with van der Waals surface area (Å²) in [5, 5.41) is 8.69. The van der Waals surface area contributed by atoms with Crippen molar-refractivity contribution >= 4 is 11.0 Å². The van der Waals surface area contributed by atoms with Crippen molar-refractivity contribution in [3.63, 3.8) is 0 Å². The van der Waals surface area contributed by atoms with Crippen LogP contribution in [0.15, 0.2) is 42.5 Å². The molecule has 5 heteroatoms. The van der Waals surface area contributed by atoms with Crippen LogP contribution in [0.1, 0.15) is 0 Å². The highest BCUT2D eigenvalue weighted by Crippen LogP contribution is 2.23. The van der Waals surface area contributed by atoms with Crippen molar-refractivity contribution in [2.24, 2.45) is 0 Å². The Hall–Kier alpha value is -2.40. The van der Waals surface area contributed by atoms with Crippen LogP contribution in [0.3, 0.4) is 0 Å². The maximum Gasteiger partial charge on any atom is 0.138 e. The number of H-pyrrole nitrogens is 1. The van der Waals surface area contributed by atoms with Gasteiger partial charge >= 0.3 is 0 Å². The van der Waals surface area contributed by atoms with E-state index in [0.29, 0.717) is 17.1 Å². The van der Waals surface area contributed by atoms with Crippen LogP contribution in [0.4, 0.5) is 4.39 Å². The Kier molecular flexibility index (Phi) is 3.35. The minimum absolute atomic E-state index is 0.0170. The van der Waals surface area contributed by atoms with Crippen molar-refractivity contribution in [2.75, 3.05) is 13.2 Å². The second-order valence-corrected chi connectivity index (χ2v) is 4.34. The van der Waals surface area contributed by atoms with Crippen molar-refractivity contribution in [3.8, 4) is 17.1 Å². The third-order valence-corrected chi connectivity index (χ3v) is 2.93. The summed E-state index contributed by atoms with van der Waals surface area (Å²) in [6.07, 6.45) is 0. The Balaban J connectivity index is 1.90. The molecular weight excluding hydrogens is 259 g/mol. The van der Waals surface area contributed by atoms with Crippen LogP contribution >= 0.6 is 0 Å². The summed E-state index contributed by atoms with van der Waals surface area (Å²) >= 11 is 0. The first kappa shape index (κ1) is 12.6. The number of hydrogen-bond donors (Lipinski definition) is 2. The van der Waals surface area contributed by atoms with E-state index < -0.39 is 0 Å².